The van der Waals surface area contributed by atoms with Crippen molar-refractivity contribution in [1.29, 1.82) is 0 Å². The van der Waals surface area contributed by atoms with Gasteiger partial charge >= 0.3 is 0 Å². The van der Waals surface area contributed by atoms with Gasteiger partial charge < -0.3 is 19.9 Å². The van der Waals surface area contributed by atoms with Crippen LogP contribution in [0.25, 0.3) is 21.9 Å². The summed E-state index contributed by atoms with van der Waals surface area (Å²) in [4.78, 5) is 27.1. The molecule has 3 aromatic heterocycles. The number of H-pyrrole nitrogens is 1. The first-order valence-electron chi connectivity index (χ1n) is 10.1. The Kier molecular flexibility index (Phi) is 4.80. The monoisotopic (exact) mass is 405 g/mol. The Morgan fingerprint density at radius 2 is 2.03 bits per heavy atom. The Labute approximate surface area is 173 Å². The van der Waals surface area contributed by atoms with Crippen LogP contribution in [0.1, 0.15) is 16.1 Å². The molecule has 30 heavy (non-hydrogen) atoms. The van der Waals surface area contributed by atoms with Crippen molar-refractivity contribution in [3.63, 3.8) is 0 Å². The van der Waals surface area contributed by atoms with E-state index in [9.17, 15) is 4.79 Å². The van der Waals surface area contributed by atoms with Crippen molar-refractivity contribution in [3.8, 4) is 0 Å². The number of carbonyl (C=O) groups is 1. The maximum absolute atomic E-state index is 12.8. The third-order valence-electron chi connectivity index (χ3n) is 5.45. The van der Waals surface area contributed by atoms with Crippen molar-refractivity contribution in [2.75, 3.05) is 37.7 Å². The van der Waals surface area contributed by atoms with E-state index in [4.69, 9.17) is 4.74 Å². The number of anilines is 1. The van der Waals surface area contributed by atoms with E-state index in [1.807, 2.05) is 35.9 Å². The number of aryl methyl sites for hydroxylation is 1. The van der Waals surface area contributed by atoms with Gasteiger partial charge in [0.2, 0.25) is 0 Å². The second-order valence-corrected chi connectivity index (χ2v) is 7.33. The van der Waals surface area contributed by atoms with Gasteiger partial charge in [0.25, 0.3) is 5.91 Å². The molecule has 0 spiro atoms. The molecule has 1 saturated heterocycles. The quantitative estimate of drug-likeness (QED) is 0.526. The highest BCUT2D eigenvalue weighted by atomic mass is 16.5. The molecule has 1 aromatic carbocycles. The van der Waals surface area contributed by atoms with Gasteiger partial charge in [-0.3, -0.25) is 4.79 Å². The van der Waals surface area contributed by atoms with Crippen molar-refractivity contribution in [3.05, 3.63) is 48.0 Å². The highest BCUT2D eigenvalue weighted by Crippen LogP contribution is 2.24. The standard InChI is InChI=1S/C21H23N7O2/c1-14-18(15-4-2-3-5-17(15)26-14)21(29)22-6-7-28-20-16(12-25-28)19(23-13-24-20)27-8-10-30-11-9-27/h2-5,12-13,26H,6-11H2,1H3,(H,22,29). The maximum Gasteiger partial charge on any atom is 0.253 e. The van der Waals surface area contributed by atoms with Gasteiger partial charge in [0, 0.05) is 36.2 Å². The number of nitrogens with zero attached hydrogens (tertiary/aromatic N) is 5. The number of aromatic amines is 1. The lowest BCUT2D eigenvalue weighted by Gasteiger charge is -2.27. The predicted octanol–water partition coefficient (Wildman–Crippen LogP) is 1.88. The molecule has 0 radical (unpaired) electrons. The van der Waals surface area contributed by atoms with Crippen molar-refractivity contribution in [2.45, 2.75) is 13.5 Å². The van der Waals surface area contributed by atoms with Gasteiger partial charge in [-0.15, -0.1) is 0 Å². The zero-order chi connectivity index (χ0) is 20.5. The van der Waals surface area contributed by atoms with Crippen LogP contribution in [0.5, 0.6) is 0 Å². The van der Waals surface area contributed by atoms with Crippen molar-refractivity contribution >= 4 is 33.7 Å². The summed E-state index contributed by atoms with van der Waals surface area (Å²) in [6.45, 7) is 5.88. The van der Waals surface area contributed by atoms with Crippen LogP contribution in [0.3, 0.4) is 0 Å². The molecule has 1 aliphatic rings. The summed E-state index contributed by atoms with van der Waals surface area (Å²) in [5.74, 6) is 0.790. The lowest BCUT2D eigenvalue weighted by atomic mass is 10.1. The number of amides is 1. The SMILES string of the molecule is Cc1[nH]c2ccccc2c1C(=O)NCCn1ncc2c(N3CCOCC3)ncnc21. The zero-order valence-electron chi connectivity index (χ0n) is 16.8. The van der Waals surface area contributed by atoms with Crippen LogP contribution in [-0.2, 0) is 11.3 Å². The fraction of sp³-hybridized carbons (Fsp3) is 0.333. The van der Waals surface area contributed by atoms with E-state index in [-0.39, 0.29) is 5.91 Å². The van der Waals surface area contributed by atoms with Crippen LogP contribution < -0.4 is 10.2 Å². The second-order valence-electron chi connectivity index (χ2n) is 7.33. The van der Waals surface area contributed by atoms with E-state index in [1.165, 1.54) is 0 Å². The van der Waals surface area contributed by atoms with Crippen LogP contribution in [0.2, 0.25) is 0 Å². The smallest absolute Gasteiger partial charge is 0.253 e. The average Bonchev–Trinajstić information content (AvgIpc) is 3.34. The fourth-order valence-electron chi connectivity index (χ4n) is 4.00. The van der Waals surface area contributed by atoms with Gasteiger partial charge in [-0.1, -0.05) is 18.2 Å². The summed E-state index contributed by atoms with van der Waals surface area (Å²) < 4.78 is 7.24. The number of rotatable bonds is 5. The van der Waals surface area contributed by atoms with E-state index in [0.717, 1.165) is 46.5 Å². The van der Waals surface area contributed by atoms with Crippen molar-refractivity contribution in [2.24, 2.45) is 0 Å². The van der Waals surface area contributed by atoms with E-state index in [2.05, 4.69) is 30.3 Å². The van der Waals surface area contributed by atoms with E-state index in [1.54, 1.807) is 12.5 Å². The number of hydrogen-bond donors (Lipinski definition) is 2. The van der Waals surface area contributed by atoms with Gasteiger partial charge in [-0.05, 0) is 13.0 Å². The first-order chi connectivity index (χ1) is 14.7. The van der Waals surface area contributed by atoms with E-state index < -0.39 is 0 Å². The first kappa shape index (κ1) is 18.6. The van der Waals surface area contributed by atoms with Gasteiger partial charge in [0.1, 0.15) is 12.1 Å². The third kappa shape index (κ3) is 3.26. The summed E-state index contributed by atoms with van der Waals surface area (Å²) in [6.07, 6.45) is 3.37. The maximum atomic E-state index is 12.8. The molecule has 0 unspecified atom stereocenters. The molecule has 4 aromatic rings. The second kappa shape index (κ2) is 7.75. The number of morpholine rings is 1. The van der Waals surface area contributed by atoms with Crippen LogP contribution in [0, 0.1) is 6.92 Å². The third-order valence-corrected chi connectivity index (χ3v) is 5.45. The van der Waals surface area contributed by atoms with E-state index in [0.29, 0.717) is 31.9 Å². The van der Waals surface area contributed by atoms with Crippen LogP contribution in [0.15, 0.2) is 36.8 Å². The van der Waals surface area contributed by atoms with Gasteiger partial charge in [-0.2, -0.15) is 5.10 Å². The molecule has 1 aliphatic heterocycles. The molecule has 9 heteroatoms. The number of nitrogens with one attached hydrogen (secondary N) is 2. The lowest BCUT2D eigenvalue weighted by molar-refractivity contribution is 0.0953. The normalized spacial score (nSPS) is 14.5. The Hall–Kier alpha value is -3.46. The molecule has 0 atom stereocenters. The Morgan fingerprint density at radius 3 is 2.90 bits per heavy atom. The highest BCUT2D eigenvalue weighted by Gasteiger charge is 2.19. The summed E-state index contributed by atoms with van der Waals surface area (Å²) >= 11 is 0. The first-order valence-corrected chi connectivity index (χ1v) is 10.1. The topological polar surface area (TPSA) is 101 Å². The lowest BCUT2D eigenvalue weighted by Crippen LogP contribution is -2.36. The number of aromatic nitrogens is 5. The molecule has 5 rings (SSSR count). The molecular formula is C21H23N7O2. The zero-order valence-corrected chi connectivity index (χ0v) is 16.8. The van der Waals surface area contributed by atoms with Crippen LogP contribution >= 0.6 is 0 Å². The summed E-state index contributed by atoms with van der Waals surface area (Å²) in [7, 11) is 0. The van der Waals surface area contributed by atoms with Crippen LogP contribution in [0.4, 0.5) is 5.82 Å². The molecule has 0 bridgehead atoms. The van der Waals surface area contributed by atoms with Gasteiger partial charge in [0.15, 0.2) is 5.65 Å². The number of fused-ring (bicyclic) bond motifs is 2. The van der Waals surface area contributed by atoms with Crippen molar-refractivity contribution < 1.29 is 9.53 Å². The molecule has 1 amide bonds. The Bertz CT molecular complexity index is 1210. The van der Waals surface area contributed by atoms with Crippen molar-refractivity contribution in [1.82, 2.24) is 30.0 Å². The molecule has 4 heterocycles. The molecule has 154 valence electrons. The molecular weight excluding hydrogens is 382 g/mol. The minimum atomic E-state index is -0.0926. The molecule has 2 N–H and O–H groups in total. The number of para-hydroxylation sites is 1. The molecule has 0 aliphatic carbocycles. The molecule has 9 nitrogen and oxygen atoms in total. The minimum Gasteiger partial charge on any atom is -0.378 e. The highest BCUT2D eigenvalue weighted by molar-refractivity contribution is 6.08. The summed E-state index contributed by atoms with van der Waals surface area (Å²) in [5.41, 5.74) is 3.28. The number of ether oxygens (including phenoxy) is 1. The number of hydrogen-bond acceptors (Lipinski definition) is 6. The Morgan fingerprint density at radius 1 is 1.20 bits per heavy atom. The summed E-state index contributed by atoms with van der Waals surface area (Å²) in [6, 6.07) is 7.82. The van der Waals surface area contributed by atoms with Crippen LogP contribution in [-0.4, -0.2) is 63.5 Å². The Balaban J connectivity index is 1.31. The van der Waals surface area contributed by atoms with Gasteiger partial charge in [0.05, 0.1) is 36.9 Å². The fourth-order valence-corrected chi connectivity index (χ4v) is 4.00. The average molecular weight is 405 g/mol. The molecule has 0 saturated carbocycles. The predicted molar refractivity (Wildman–Crippen MR) is 114 cm³/mol. The number of benzene rings is 1. The van der Waals surface area contributed by atoms with Gasteiger partial charge in [-0.25, -0.2) is 14.6 Å². The minimum absolute atomic E-state index is 0.0926. The summed E-state index contributed by atoms with van der Waals surface area (Å²) in [5, 5.41) is 9.33. The largest absolute Gasteiger partial charge is 0.378 e. The molecule has 1 fully saturated rings. The van der Waals surface area contributed by atoms with E-state index >= 15 is 0 Å². The number of carbonyl (C=O) groups excluding carboxylic acids is 1.